The maximum absolute atomic E-state index is 11.9. The van der Waals surface area contributed by atoms with Gasteiger partial charge in [0, 0.05) is 24.8 Å². The Kier molecular flexibility index (Phi) is 6.85. The second-order valence-corrected chi connectivity index (χ2v) is 4.94. The summed E-state index contributed by atoms with van der Waals surface area (Å²) in [6, 6.07) is 5.29. The predicted molar refractivity (Wildman–Crippen MR) is 88.3 cm³/mol. The average molecular weight is 322 g/mol. The molecule has 0 fully saturated rings. The molecule has 0 radical (unpaired) electrons. The summed E-state index contributed by atoms with van der Waals surface area (Å²) in [5.74, 6) is 0.833. The molecule has 1 aromatic rings. The Hall–Kier alpha value is -2.77. The lowest BCUT2D eigenvalue weighted by atomic mass is 10.2. The third-order valence-corrected chi connectivity index (χ3v) is 2.78. The lowest BCUT2D eigenvalue weighted by Crippen LogP contribution is -2.63. The first-order chi connectivity index (χ1) is 10.8. The highest BCUT2D eigenvalue weighted by atomic mass is 16.5. The van der Waals surface area contributed by atoms with Gasteiger partial charge in [0.1, 0.15) is 0 Å². The third kappa shape index (κ3) is 5.85. The van der Waals surface area contributed by atoms with Gasteiger partial charge in [0.25, 0.3) is 11.9 Å². The topological polar surface area (TPSA) is 117 Å². The van der Waals surface area contributed by atoms with Crippen molar-refractivity contribution in [2.75, 3.05) is 20.7 Å². The molecule has 8 heteroatoms. The molecule has 0 unspecified atom stereocenters. The van der Waals surface area contributed by atoms with E-state index in [-0.39, 0.29) is 11.9 Å². The van der Waals surface area contributed by atoms with Crippen LogP contribution in [-0.4, -0.2) is 49.8 Å². The van der Waals surface area contributed by atoms with Crippen molar-refractivity contribution >= 4 is 18.1 Å². The molecule has 0 heterocycles. The fraction of sp³-hybridized carbons (Fsp3) is 0.400. The molecule has 0 aliphatic heterocycles. The number of benzene rings is 1. The van der Waals surface area contributed by atoms with Crippen LogP contribution in [0.4, 0.5) is 0 Å². The van der Waals surface area contributed by atoms with Gasteiger partial charge in [0.15, 0.2) is 17.6 Å². The normalized spacial score (nSPS) is 11.8. The molecule has 1 aromatic carbocycles. The maximum Gasteiger partial charge on any atom is 0.262 e. The zero-order chi connectivity index (χ0) is 17.4. The van der Waals surface area contributed by atoms with Crippen molar-refractivity contribution in [3.63, 3.8) is 0 Å². The Labute approximate surface area is 135 Å². The summed E-state index contributed by atoms with van der Waals surface area (Å²) in [7, 11) is 3.36. The molecule has 0 aliphatic carbocycles. The minimum atomic E-state index is -0.612. The molecule has 0 saturated carbocycles. The zero-order valence-corrected chi connectivity index (χ0v) is 13.9. The number of nitrogens with zero attached hydrogens (tertiary/aromatic N) is 2. The van der Waals surface area contributed by atoms with E-state index in [1.54, 1.807) is 45.4 Å². The van der Waals surface area contributed by atoms with Crippen LogP contribution in [0.15, 0.2) is 23.3 Å². The molecule has 0 aromatic heterocycles. The van der Waals surface area contributed by atoms with Gasteiger partial charge < -0.3 is 25.8 Å². The van der Waals surface area contributed by atoms with Crippen LogP contribution in [0.2, 0.25) is 0 Å². The second-order valence-electron chi connectivity index (χ2n) is 4.94. The highest BCUT2D eigenvalue weighted by Gasteiger charge is 2.18. The largest absolute Gasteiger partial charge is 0.490 e. The van der Waals surface area contributed by atoms with Gasteiger partial charge in [0.2, 0.25) is 6.21 Å². The van der Waals surface area contributed by atoms with E-state index in [2.05, 4.69) is 10.2 Å². The third-order valence-electron chi connectivity index (χ3n) is 2.78. The monoisotopic (exact) mass is 322 g/mol. The van der Waals surface area contributed by atoms with Crippen molar-refractivity contribution in [1.29, 1.82) is 0 Å². The molecule has 126 valence electrons. The number of rotatable bonds is 7. The van der Waals surface area contributed by atoms with E-state index in [1.165, 1.54) is 4.90 Å². The van der Waals surface area contributed by atoms with Gasteiger partial charge in [0.05, 0.1) is 6.61 Å². The van der Waals surface area contributed by atoms with Gasteiger partial charge in [-0.2, -0.15) is 0 Å². The number of carbonyl (C=O) groups excluding carboxylic acids is 1. The van der Waals surface area contributed by atoms with Crippen LogP contribution in [0.1, 0.15) is 19.4 Å². The van der Waals surface area contributed by atoms with Crippen molar-refractivity contribution < 1.29 is 19.4 Å². The summed E-state index contributed by atoms with van der Waals surface area (Å²) in [5.41, 5.74) is 11.3. The van der Waals surface area contributed by atoms with Crippen LogP contribution in [0.25, 0.3) is 0 Å². The number of likely N-dealkylation sites (N-methyl/N-ethyl adjacent to an activating group) is 1. The van der Waals surface area contributed by atoms with Gasteiger partial charge in [-0.3, -0.25) is 4.79 Å². The molecule has 1 rings (SSSR count). The lowest BCUT2D eigenvalue weighted by Gasteiger charge is -2.20. The fourth-order valence-electron chi connectivity index (χ4n) is 1.77. The van der Waals surface area contributed by atoms with E-state index < -0.39 is 6.10 Å². The van der Waals surface area contributed by atoms with Crippen molar-refractivity contribution in [1.82, 2.24) is 4.90 Å². The van der Waals surface area contributed by atoms with Gasteiger partial charge in [-0.1, -0.05) is 0 Å². The van der Waals surface area contributed by atoms with E-state index in [4.69, 9.17) is 20.9 Å². The molecule has 0 spiro atoms. The summed E-state index contributed by atoms with van der Waals surface area (Å²) in [6.07, 6.45) is 0.999. The number of nitrogens with one attached hydrogen (secondary N) is 1. The molecular weight excluding hydrogens is 298 g/mol. The van der Waals surface area contributed by atoms with E-state index in [0.29, 0.717) is 18.1 Å². The Morgan fingerprint density at radius 3 is 2.65 bits per heavy atom. The summed E-state index contributed by atoms with van der Waals surface area (Å²) in [6.45, 7) is 4.03. The molecule has 8 nitrogen and oxygen atoms in total. The number of hydrogen-bond acceptors (Lipinski definition) is 4. The van der Waals surface area contributed by atoms with Crippen LogP contribution >= 0.6 is 0 Å². The Balaban J connectivity index is 2.98. The number of hydrogen-bond donors (Lipinski definition) is 3. The van der Waals surface area contributed by atoms with Gasteiger partial charge >= 0.3 is 0 Å². The van der Waals surface area contributed by atoms with E-state index in [1.807, 2.05) is 6.92 Å². The Morgan fingerprint density at radius 2 is 2.09 bits per heavy atom. The standard InChI is InChI=1S/C15H23N5O3/c1-5-22-13-8-11(9-18-19-15(16)17)6-7-12(13)23-10(2)14(21)20(3)4/h6-10H,5H2,1-4H3,(H4,16,17,19)/p+1/b18-9+/t10-/m1/s1. The van der Waals surface area contributed by atoms with E-state index in [0.717, 1.165) is 5.56 Å². The second kappa shape index (κ2) is 8.62. The minimum Gasteiger partial charge on any atom is -0.490 e. The summed E-state index contributed by atoms with van der Waals surface area (Å²) in [4.78, 5) is 13.4. The molecular formula is C15H24N5O3+. The number of nitrogens with two attached hydrogens (primary N) is 2. The first-order valence-electron chi connectivity index (χ1n) is 7.17. The number of carbonyl (C=O) groups is 1. The van der Waals surface area contributed by atoms with Crippen LogP contribution < -0.4 is 26.0 Å². The van der Waals surface area contributed by atoms with Crippen molar-refractivity contribution in [3.8, 4) is 11.5 Å². The van der Waals surface area contributed by atoms with E-state index in [9.17, 15) is 4.79 Å². The summed E-state index contributed by atoms with van der Waals surface area (Å²) >= 11 is 0. The van der Waals surface area contributed by atoms with Crippen molar-refractivity contribution in [3.05, 3.63) is 23.8 Å². The Bertz CT molecular complexity index is 595. The molecule has 5 N–H and O–H groups in total. The highest BCUT2D eigenvalue weighted by Crippen LogP contribution is 2.29. The first-order valence-corrected chi connectivity index (χ1v) is 7.17. The number of amides is 1. The number of hydrazone groups is 1. The molecule has 0 bridgehead atoms. The fourth-order valence-corrected chi connectivity index (χ4v) is 1.77. The van der Waals surface area contributed by atoms with Crippen molar-refractivity contribution in [2.45, 2.75) is 20.0 Å². The van der Waals surface area contributed by atoms with Crippen LogP contribution in [0.3, 0.4) is 0 Å². The maximum atomic E-state index is 11.9. The smallest absolute Gasteiger partial charge is 0.262 e. The quantitative estimate of drug-likeness (QED) is 0.325. The average Bonchev–Trinajstić information content (AvgIpc) is 2.48. The van der Waals surface area contributed by atoms with Gasteiger partial charge in [-0.15, -0.1) is 5.10 Å². The summed E-state index contributed by atoms with van der Waals surface area (Å²) < 4.78 is 11.3. The van der Waals surface area contributed by atoms with Gasteiger partial charge in [-0.05, 0) is 32.0 Å². The Morgan fingerprint density at radius 1 is 1.39 bits per heavy atom. The van der Waals surface area contributed by atoms with Gasteiger partial charge in [-0.25, -0.2) is 0 Å². The summed E-state index contributed by atoms with van der Waals surface area (Å²) in [5, 5.41) is 6.27. The first kappa shape index (κ1) is 18.3. The van der Waals surface area contributed by atoms with Crippen LogP contribution in [0.5, 0.6) is 11.5 Å². The lowest BCUT2D eigenvalue weighted by molar-refractivity contribution is -0.456. The number of ether oxygens (including phenoxy) is 2. The minimum absolute atomic E-state index is 0.0674. The molecule has 0 saturated heterocycles. The molecule has 0 aliphatic rings. The molecule has 1 amide bonds. The SMILES string of the molecule is CCOc1cc(/C=[NH+]/N=C(N)N)ccc1O[C@H](C)C(=O)N(C)C. The van der Waals surface area contributed by atoms with E-state index >= 15 is 0 Å². The zero-order valence-electron chi connectivity index (χ0n) is 13.9. The molecule has 1 atom stereocenters. The van der Waals surface area contributed by atoms with Crippen LogP contribution in [-0.2, 0) is 4.79 Å². The molecule has 23 heavy (non-hydrogen) atoms. The predicted octanol–water partition coefficient (Wildman–Crippen LogP) is -1.37. The highest BCUT2D eigenvalue weighted by molar-refractivity contribution is 5.81. The van der Waals surface area contributed by atoms with Crippen molar-refractivity contribution in [2.24, 2.45) is 16.6 Å². The van der Waals surface area contributed by atoms with Crippen LogP contribution in [0, 0.1) is 0 Å². The number of guanidine groups is 1.